The highest BCUT2D eigenvalue weighted by Gasteiger charge is 2.61. The van der Waals surface area contributed by atoms with Crippen LogP contribution < -0.4 is 30.7 Å². The Balaban J connectivity index is 1.33. The Morgan fingerprint density at radius 2 is 1.95 bits per heavy atom. The smallest absolute Gasteiger partial charge is 0.330 e. The van der Waals surface area contributed by atoms with Crippen molar-refractivity contribution in [1.29, 1.82) is 0 Å². The van der Waals surface area contributed by atoms with Crippen LogP contribution in [0.5, 0.6) is 11.5 Å². The van der Waals surface area contributed by atoms with Gasteiger partial charge in [0, 0.05) is 47.8 Å². The maximum absolute atomic E-state index is 14.6. The van der Waals surface area contributed by atoms with Gasteiger partial charge in [-0.05, 0) is 57.1 Å². The van der Waals surface area contributed by atoms with Crippen molar-refractivity contribution < 1.29 is 33.8 Å². The summed E-state index contributed by atoms with van der Waals surface area (Å²) in [5.41, 5.74) is 0.188. The second-order valence-corrected chi connectivity index (χ2v) is 16.7. The summed E-state index contributed by atoms with van der Waals surface area (Å²) in [6, 6.07) is 4.68. The standard InChI is InChI=1S/C40H53N7O7S/c1-7-41-38-45-31(22-55-38)30-19-33(27-16-15-25(53-6)17-29(27)43-30)54-26-18-32-34(48)46-40(36(50)51)20-24(40)13-11-9-8-10-12-14-28(35(49)47(32)21-26)44-37(52)42-23(2)39(3,4)5/h11,13,15-17,19,22-24,26,28,32H,7-10,12,14,18,20-21H2,1-6H3,(H,41,45)(H,46,48)(H,50,51)(H2,42,44,52)/b13-11-/t23-,24+,26-,28+,32?,40-/m1/s1. The molecule has 6 rings (SSSR count). The van der Waals surface area contributed by atoms with Gasteiger partial charge in [-0.1, -0.05) is 45.8 Å². The van der Waals surface area contributed by atoms with Crippen molar-refractivity contribution in [1.82, 2.24) is 30.8 Å². The number of hydrogen-bond acceptors (Lipinski definition) is 10. The number of aromatic nitrogens is 2. The van der Waals surface area contributed by atoms with E-state index in [1.54, 1.807) is 7.11 Å². The summed E-state index contributed by atoms with van der Waals surface area (Å²) in [5.74, 6) is -1.35. The molecule has 1 saturated heterocycles. The second kappa shape index (κ2) is 16.4. The van der Waals surface area contributed by atoms with Crippen LogP contribution in [0.25, 0.3) is 22.3 Å². The molecular weight excluding hydrogens is 723 g/mol. The second-order valence-electron chi connectivity index (χ2n) is 15.8. The number of rotatable bonds is 9. The fourth-order valence-electron chi connectivity index (χ4n) is 7.10. The molecule has 296 valence electrons. The van der Waals surface area contributed by atoms with E-state index in [4.69, 9.17) is 19.4 Å². The number of benzene rings is 1. The molecule has 2 aromatic heterocycles. The number of allylic oxidation sites excluding steroid dienone is 1. The Labute approximate surface area is 325 Å². The SMILES string of the molecule is CCNc1nc(-c2cc(O[C@@H]3CC4C(=O)N[C@]5(C(=O)O)C[C@@H]5/C=C\CCCCC[C@H](NC(=O)N[C@H](C)C(C)(C)C)C(=O)N4C3)c3ccc(OC)cc3n2)cs1. The molecule has 5 N–H and O–H groups in total. The van der Waals surface area contributed by atoms with Gasteiger partial charge in [0.2, 0.25) is 11.8 Å². The minimum Gasteiger partial charge on any atom is -0.497 e. The number of carboxylic acids is 1. The molecule has 1 aromatic carbocycles. The summed E-state index contributed by atoms with van der Waals surface area (Å²) in [7, 11) is 1.58. The van der Waals surface area contributed by atoms with Crippen LogP contribution in [0.2, 0.25) is 0 Å². The molecule has 55 heavy (non-hydrogen) atoms. The van der Waals surface area contributed by atoms with Crippen LogP contribution in [0.15, 0.2) is 41.8 Å². The van der Waals surface area contributed by atoms with E-state index in [2.05, 4.69) is 21.3 Å². The summed E-state index contributed by atoms with van der Waals surface area (Å²) < 4.78 is 12.2. The number of nitrogens with zero attached hydrogens (tertiary/aromatic N) is 3. The molecule has 15 heteroatoms. The van der Waals surface area contributed by atoms with Gasteiger partial charge in [-0.25, -0.2) is 19.6 Å². The van der Waals surface area contributed by atoms with Crippen LogP contribution in [0.4, 0.5) is 9.93 Å². The number of methoxy groups -OCH3 is 1. The maximum Gasteiger partial charge on any atom is 0.330 e. The van der Waals surface area contributed by atoms with Crippen LogP contribution in [0.3, 0.4) is 0 Å². The maximum atomic E-state index is 14.6. The molecule has 0 bridgehead atoms. The predicted molar refractivity (Wildman–Crippen MR) is 211 cm³/mol. The largest absolute Gasteiger partial charge is 0.497 e. The topological polar surface area (TPSA) is 184 Å². The molecular formula is C40H53N7O7S. The Kier molecular flexibility index (Phi) is 11.9. The van der Waals surface area contributed by atoms with E-state index in [9.17, 15) is 24.3 Å². The normalized spacial score (nSPS) is 25.7. The van der Waals surface area contributed by atoms with Crippen molar-refractivity contribution in [2.75, 3.05) is 25.5 Å². The molecule has 0 radical (unpaired) electrons. The molecule has 3 aliphatic rings. The molecule has 0 spiro atoms. The van der Waals surface area contributed by atoms with Crippen LogP contribution in [0, 0.1) is 11.3 Å². The van der Waals surface area contributed by atoms with Crippen molar-refractivity contribution in [3.63, 3.8) is 0 Å². The zero-order valence-electron chi connectivity index (χ0n) is 32.4. The fraction of sp³-hybridized carbons (Fsp3) is 0.550. The fourth-order valence-corrected chi connectivity index (χ4v) is 7.87. The van der Waals surface area contributed by atoms with Gasteiger partial charge < -0.3 is 40.7 Å². The Bertz CT molecular complexity index is 1940. The van der Waals surface area contributed by atoms with E-state index in [-0.39, 0.29) is 36.8 Å². The summed E-state index contributed by atoms with van der Waals surface area (Å²) in [6.07, 6.45) is 7.03. The third kappa shape index (κ3) is 8.98. The summed E-state index contributed by atoms with van der Waals surface area (Å²) in [6.45, 7) is 10.7. The first-order valence-electron chi connectivity index (χ1n) is 19.2. The zero-order chi connectivity index (χ0) is 39.5. The molecule has 6 atom stereocenters. The molecule has 2 fully saturated rings. The van der Waals surface area contributed by atoms with Gasteiger partial charge >= 0.3 is 12.0 Å². The number of pyridine rings is 1. The number of carbonyl (C=O) groups is 4. The Morgan fingerprint density at radius 3 is 2.67 bits per heavy atom. The van der Waals surface area contributed by atoms with Crippen LogP contribution in [-0.4, -0.2) is 93.8 Å². The molecule has 1 aliphatic carbocycles. The summed E-state index contributed by atoms with van der Waals surface area (Å²) >= 11 is 1.47. The molecule has 1 saturated carbocycles. The number of carbonyl (C=O) groups excluding carboxylic acids is 3. The summed E-state index contributed by atoms with van der Waals surface area (Å²) in [5, 5.41) is 25.6. The van der Waals surface area contributed by atoms with E-state index in [1.807, 2.05) is 76.4 Å². The first kappa shape index (κ1) is 39.8. The van der Waals surface area contributed by atoms with Crippen LogP contribution >= 0.6 is 11.3 Å². The van der Waals surface area contributed by atoms with Crippen LogP contribution in [0.1, 0.15) is 79.6 Å². The zero-order valence-corrected chi connectivity index (χ0v) is 33.3. The lowest BCUT2D eigenvalue weighted by molar-refractivity contribution is -0.145. The number of carboxylic acid groups (broad SMARTS) is 1. The highest BCUT2D eigenvalue weighted by molar-refractivity contribution is 7.14. The number of nitrogens with one attached hydrogen (secondary N) is 4. The van der Waals surface area contributed by atoms with Gasteiger partial charge in [0.15, 0.2) is 5.13 Å². The number of thiazole rings is 1. The number of fused-ring (bicyclic) bond motifs is 3. The molecule has 1 unspecified atom stereocenters. The number of amides is 4. The van der Waals surface area contributed by atoms with Crippen molar-refractivity contribution >= 4 is 51.2 Å². The molecule has 4 heterocycles. The average Bonchev–Trinajstić information content (AvgIpc) is 3.42. The minimum absolute atomic E-state index is 0.0368. The molecule has 14 nitrogen and oxygen atoms in total. The minimum atomic E-state index is -1.45. The van der Waals surface area contributed by atoms with Gasteiger partial charge in [-0.15, -0.1) is 11.3 Å². The third-order valence-corrected chi connectivity index (χ3v) is 11.7. The summed E-state index contributed by atoms with van der Waals surface area (Å²) in [4.78, 5) is 65.7. The predicted octanol–water partition coefficient (Wildman–Crippen LogP) is 5.73. The number of hydrogen-bond donors (Lipinski definition) is 5. The van der Waals surface area contributed by atoms with E-state index < -0.39 is 47.5 Å². The first-order valence-corrected chi connectivity index (χ1v) is 20.0. The Morgan fingerprint density at radius 1 is 1.15 bits per heavy atom. The number of anilines is 1. The lowest BCUT2D eigenvalue weighted by Crippen LogP contribution is -2.58. The lowest BCUT2D eigenvalue weighted by atomic mass is 9.88. The van der Waals surface area contributed by atoms with Crippen molar-refractivity contribution in [3.8, 4) is 22.9 Å². The van der Waals surface area contributed by atoms with E-state index in [0.29, 0.717) is 46.6 Å². The van der Waals surface area contributed by atoms with Gasteiger partial charge in [-0.2, -0.15) is 0 Å². The van der Waals surface area contributed by atoms with Gasteiger partial charge in [0.05, 0.1) is 24.9 Å². The van der Waals surface area contributed by atoms with E-state index in [1.165, 1.54) is 16.2 Å². The van der Waals surface area contributed by atoms with Crippen LogP contribution in [-0.2, 0) is 14.4 Å². The third-order valence-electron chi connectivity index (χ3n) is 10.9. The van der Waals surface area contributed by atoms with Crippen molar-refractivity contribution in [2.45, 2.75) is 109 Å². The van der Waals surface area contributed by atoms with Gasteiger partial charge in [0.1, 0.15) is 40.9 Å². The van der Waals surface area contributed by atoms with Gasteiger partial charge in [0.25, 0.3) is 0 Å². The van der Waals surface area contributed by atoms with Gasteiger partial charge in [-0.3, -0.25) is 9.59 Å². The highest BCUT2D eigenvalue weighted by atomic mass is 32.1. The number of aliphatic carboxylic acids is 1. The molecule has 2 aliphatic heterocycles. The van der Waals surface area contributed by atoms with Crippen molar-refractivity contribution in [2.24, 2.45) is 11.3 Å². The Hall–Kier alpha value is -4.92. The number of urea groups is 1. The quantitative estimate of drug-likeness (QED) is 0.168. The average molecular weight is 776 g/mol. The van der Waals surface area contributed by atoms with E-state index in [0.717, 1.165) is 30.9 Å². The number of ether oxygens (including phenoxy) is 2. The molecule has 4 amide bonds. The van der Waals surface area contributed by atoms with E-state index >= 15 is 0 Å². The monoisotopic (exact) mass is 775 g/mol. The first-order chi connectivity index (χ1) is 26.2. The lowest BCUT2D eigenvalue weighted by Gasteiger charge is -2.31. The molecule has 3 aromatic rings. The highest BCUT2D eigenvalue weighted by Crippen LogP contribution is 2.45. The van der Waals surface area contributed by atoms with Crippen molar-refractivity contribution in [3.05, 3.63) is 41.8 Å².